The van der Waals surface area contributed by atoms with E-state index in [1.54, 1.807) is 12.4 Å². The van der Waals surface area contributed by atoms with Gasteiger partial charge in [-0.05, 0) is 144 Å². The van der Waals surface area contributed by atoms with Crippen molar-refractivity contribution in [3.63, 3.8) is 0 Å². The van der Waals surface area contributed by atoms with Crippen LogP contribution < -0.4 is 0 Å². The number of benzene rings is 11. The molecule has 2 heterocycles. The molecule has 0 atom stereocenters. The molecular weight excluding hydrogens is 763 g/mol. The number of fused-ring (bicyclic) bond motifs is 11. The van der Waals surface area contributed by atoms with Crippen LogP contribution in [0.1, 0.15) is 0 Å². The van der Waals surface area contributed by atoms with Crippen LogP contribution in [0.3, 0.4) is 0 Å². The number of hydrogen-bond acceptors (Lipinski definition) is 2. The summed E-state index contributed by atoms with van der Waals surface area (Å²) in [5.74, 6) is 0. The van der Waals surface area contributed by atoms with Crippen molar-refractivity contribution < 1.29 is 0 Å². The molecule has 13 aromatic rings. The third kappa shape index (κ3) is 5.82. The van der Waals surface area contributed by atoms with Crippen molar-refractivity contribution in [2.45, 2.75) is 0 Å². The molecular formula is C60H37N3. The van der Waals surface area contributed by atoms with E-state index < -0.39 is 0 Å². The molecule has 0 saturated carbocycles. The minimum absolute atomic E-state index is 0.940. The van der Waals surface area contributed by atoms with E-state index in [9.17, 15) is 0 Å². The van der Waals surface area contributed by atoms with E-state index in [-0.39, 0.29) is 0 Å². The molecule has 11 aromatic carbocycles. The van der Waals surface area contributed by atoms with Crippen LogP contribution in [0.2, 0.25) is 0 Å². The van der Waals surface area contributed by atoms with Crippen LogP contribution >= 0.6 is 0 Å². The molecule has 292 valence electrons. The second kappa shape index (κ2) is 14.1. The van der Waals surface area contributed by atoms with E-state index in [1.807, 2.05) is 0 Å². The Morgan fingerprint density at radius 3 is 1.29 bits per heavy atom. The van der Waals surface area contributed by atoms with Gasteiger partial charge in [-0.15, -0.1) is 0 Å². The summed E-state index contributed by atoms with van der Waals surface area (Å²) in [6.45, 7) is 0. The van der Waals surface area contributed by atoms with E-state index in [4.69, 9.17) is 9.97 Å². The summed E-state index contributed by atoms with van der Waals surface area (Å²) in [6.07, 6.45) is 3.56. The molecule has 63 heavy (non-hydrogen) atoms. The molecule has 0 unspecified atom stereocenters. The molecule has 0 N–H and O–H groups in total. The van der Waals surface area contributed by atoms with E-state index in [1.165, 1.54) is 104 Å². The number of para-hydroxylation sites is 2. The molecule has 3 nitrogen and oxygen atoms in total. The fraction of sp³-hybridized carbons (Fsp3) is 0. The first kappa shape index (κ1) is 35.4. The van der Waals surface area contributed by atoms with Gasteiger partial charge in [-0.25, -0.2) is 0 Å². The summed E-state index contributed by atoms with van der Waals surface area (Å²) in [7, 11) is 0. The van der Waals surface area contributed by atoms with Crippen molar-refractivity contribution in [1.29, 1.82) is 0 Å². The Hall–Kier alpha value is -8.40. The van der Waals surface area contributed by atoms with Gasteiger partial charge in [0.25, 0.3) is 0 Å². The Kier molecular flexibility index (Phi) is 7.91. The Morgan fingerprint density at radius 2 is 0.683 bits per heavy atom. The Bertz CT molecular complexity index is 3940. The first-order chi connectivity index (χ1) is 31.2. The van der Waals surface area contributed by atoms with Crippen LogP contribution in [-0.4, -0.2) is 14.5 Å². The van der Waals surface area contributed by atoms with Crippen molar-refractivity contribution in [2.75, 3.05) is 0 Å². The van der Waals surface area contributed by atoms with Gasteiger partial charge in [-0.3, -0.25) is 9.97 Å². The molecule has 2 aromatic heterocycles. The van der Waals surface area contributed by atoms with Crippen LogP contribution in [0.5, 0.6) is 0 Å². The number of rotatable bonds is 5. The van der Waals surface area contributed by atoms with Gasteiger partial charge >= 0.3 is 0 Å². The predicted octanol–water partition coefficient (Wildman–Crippen LogP) is 16.0. The van der Waals surface area contributed by atoms with Crippen molar-refractivity contribution in [3.8, 4) is 50.2 Å². The fourth-order valence-corrected chi connectivity index (χ4v) is 9.91. The smallest absolute Gasteiger partial charge is 0.0971 e. The van der Waals surface area contributed by atoms with Gasteiger partial charge in [-0.2, -0.15) is 0 Å². The second-order valence-electron chi connectivity index (χ2n) is 16.6. The summed E-state index contributed by atoms with van der Waals surface area (Å²) in [4.78, 5) is 9.45. The zero-order valence-electron chi connectivity index (χ0n) is 34.2. The van der Waals surface area contributed by atoms with E-state index in [2.05, 4.69) is 217 Å². The number of aromatic nitrogens is 3. The molecule has 0 saturated heterocycles. The van der Waals surface area contributed by atoms with Gasteiger partial charge < -0.3 is 4.57 Å². The maximum Gasteiger partial charge on any atom is 0.0971 e. The highest BCUT2D eigenvalue weighted by Gasteiger charge is 2.15. The maximum absolute atomic E-state index is 4.75. The fourth-order valence-electron chi connectivity index (χ4n) is 9.91. The topological polar surface area (TPSA) is 30.7 Å². The van der Waals surface area contributed by atoms with Crippen LogP contribution in [-0.2, 0) is 0 Å². The minimum atomic E-state index is 0.940. The lowest BCUT2D eigenvalue weighted by atomic mass is 9.93. The van der Waals surface area contributed by atoms with Crippen molar-refractivity contribution in [2.24, 2.45) is 0 Å². The first-order valence-electron chi connectivity index (χ1n) is 21.5. The lowest BCUT2D eigenvalue weighted by Gasteiger charge is -2.12. The van der Waals surface area contributed by atoms with Gasteiger partial charge in [0.05, 0.1) is 22.1 Å². The van der Waals surface area contributed by atoms with E-state index >= 15 is 0 Å². The van der Waals surface area contributed by atoms with Gasteiger partial charge in [0.2, 0.25) is 0 Å². The summed E-state index contributed by atoms with van der Waals surface area (Å²) in [5, 5.41) is 12.1. The van der Waals surface area contributed by atoms with E-state index in [0.29, 0.717) is 0 Å². The molecule has 0 amide bonds. The van der Waals surface area contributed by atoms with Gasteiger partial charge in [0.15, 0.2) is 0 Å². The number of hydrogen-bond donors (Lipinski definition) is 0. The van der Waals surface area contributed by atoms with Crippen molar-refractivity contribution in [1.82, 2.24) is 14.5 Å². The van der Waals surface area contributed by atoms with Crippen LogP contribution in [0.4, 0.5) is 0 Å². The number of nitrogens with zero attached hydrogens (tertiary/aromatic N) is 3. The first-order valence-corrected chi connectivity index (χ1v) is 21.5. The summed E-state index contributed by atoms with van der Waals surface area (Å²) in [6, 6.07) is 77.8. The van der Waals surface area contributed by atoms with Crippen LogP contribution in [0.25, 0.3) is 126 Å². The average molecular weight is 800 g/mol. The highest BCUT2D eigenvalue weighted by Crippen LogP contribution is 2.39. The summed E-state index contributed by atoms with van der Waals surface area (Å²) in [5.41, 5.74) is 15.1. The molecule has 0 aliphatic carbocycles. The zero-order chi connectivity index (χ0) is 41.4. The Morgan fingerprint density at radius 1 is 0.254 bits per heavy atom. The van der Waals surface area contributed by atoms with Gasteiger partial charge in [0.1, 0.15) is 0 Å². The third-order valence-corrected chi connectivity index (χ3v) is 13.0. The van der Waals surface area contributed by atoms with Crippen LogP contribution in [0, 0.1) is 0 Å². The highest BCUT2D eigenvalue weighted by molar-refractivity contribution is 6.23. The molecule has 0 bridgehead atoms. The largest absolute Gasteiger partial charge is 0.309 e. The van der Waals surface area contributed by atoms with E-state index in [0.717, 1.165) is 21.8 Å². The highest BCUT2D eigenvalue weighted by atomic mass is 15.0. The lowest BCUT2D eigenvalue weighted by molar-refractivity contribution is 1.18. The SMILES string of the molecule is c1ccc(-n2c3ccccc3c3cc(-c4ccc5cc(-c6ccc7cc(-c8cccc(-c9ccc%10c(c9)c9ccccc9c9nccnc%109)c8)ccc7c6)ccc5c4)ccc32)cc1. The monoisotopic (exact) mass is 799 g/mol. The quantitative estimate of drug-likeness (QED) is 0.162. The second-order valence-corrected chi connectivity index (χ2v) is 16.6. The normalized spacial score (nSPS) is 11.8. The Balaban J connectivity index is 0.799. The molecule has 3 heteroatoms. The van der Waals surface area contributed by atoms with Crippen molar-refractivity contribution >= 4 is 75.9 Å². The van der Waals surface area contributed by atoms with Crippen LogP contribution in [0.15, 0.2) is 225 Å². The molecule has 0 aliphatic heterocycles. The maximum atomic E-state index is 4.75. The molecule has 13 rings (SSSR count). The van der Waals surface area contributed by atoms with Gasteiger partial charge in [0, 0.05) is 39.6 Å². The summed E-state index contributed by atoms with van der Waals surface area (Å²) < 4.78 is 2.37. The average Bonchev–Trinajstić information content (AvgIpc) is 3.69. The molecule has 0 radical (unpaired) electrons. The predicted molar refractivity (Wildman–Crippen MR) is 266 cm³/mol. The minimum Gasteiger partial charge on any atom is -0.309 e. The third-order valence-electron chi connectivity index (χ3n) is 13.0. The van der Waals surface area contributed by atoms with Crippen molar-refractivity contribution in [3.05, 3.63) is 225 Å². The zero-order valence-corrected chi connectivity index (χ0v) is 34.2. The summed E-state index contributed by atoms with van der Waals surface area (Å²) >= 11 is 0. The standard InChI is InChI=1S/C60H37N3/c1-2-11-50(12-3-1)63-57-16-7-6-14-52(57)56-37-49(26-28-58(56)63)47-24-23-45-34-44(21-22-46(45)35-47)43-20-19-41-32-40(17-18-42(41)33-43)38-9-8-10-39(31-38)48-25-27-54-55(36-48)51-13-4-5-15-53(51)59-60(54)62-30-29-61-59/h1-37H. The molecule has 0 fully saturated rings. The Labute approximate surface area is 363 Å². The molecule has 0 spiro atoms. The molecule has 0 aliphatic rings. The lowest BCUT2D eigenvalue weighted by Crippen LogP contribution is -1.92. The van der Waals surface area contributed by atoms with Gasteiger partial charge in [-0.1, -0.05) is 146 Å².